The average Bonchev–Trinajstić information content (AvgIpc) is 3.25. The lowest BCUT2D eigenvalue weighted by Gasteiger charge is -2.40. The predicted octanol–water partition coefficient (Wildman–Crippen LogP) is 4.93. The maximum Gasteiger partial charge on any atom is 0.418 e. The van der Waals surface area contributed by atoms with Crippen LogP contribution < -0.4 is 4.90 Å². The molecule has 1 fully saturated rings. The second-order valence-electron chi connectivity index (χ2n) is 8.45. The third kappa shape index (κ3) is 4.20. The van der Waals surface area contributed by atoms with Crippen LogP contribution in [-0.2, 0) is 6.18 Å². The van der Waals surface area contributed by atoms with E-state index in [1.165, 1.54) is 29.1 Å². The van der Waals surface area contributed by atoms with E-state index in [4.69, 9.17) is 0 Å². The van der Waals surface area contributed by atoms with E-state index in [2.05, 4.69) is 9.97 Å². The summed E-state index contributed by atoms with van der Waals surface area (Å²) in [5.74, 6) is -0.560. The molecule has 0 N–H and O–H groups in total. The van der Waals surface area contributed by atoms with E-state index in [1.807, 2.05) is 13.0 Å². The highest BCUT2D eigenvalue weighted by Crippen LogP contribution is 2.40. The molecular weight excluding hydrogens is 462 g/mol. The zero-order valence-electron chi connectivity index (χ0n) is 18.7. The van der Waals surface area contributed by atoms with Gasteiger partial charge in [0.15, 0.2) is 5.65 Å². The number of amides is 1. The predicted molar refractivity (Wildman–Crippen MR) is 123 cm³/mol. The zero-order chi connectivity index (χ0) is 24.7. The summed E-state index contributed by atoms with van der Waals surface area (Å²) >= 11 is 0. The van der Waals surface area contributed by atoms with Gasteiger partial charge in [-0.1, -0.05) is 24.3 Å². The minimum atomic E-state index is -4.67. The van der Waals surface area contributed by atoms with E-state index in [-0.39, 0.29) is 34.5 Å². The van der Waals surface area contributed by atoms with E-state index < -0.39 is 17.6 Å². The Balaban J connectivity index is 1.53. The van der Waals surface area contributed by atoms with Crippen molar-refractivity contribution in [3.8, 4) is 5.69 Å². The second-order valence-corrected chi connectivity index (χ2v) is 8.45. The molecule has 35 heavy (non-hydrogen) atoms. The van der Waals surface area contributed by atoms with Gasteiger partial charge in [-0.05, 0) is 37.3 Å². The molecule has 1 saturated heterocycles. The molecule has 1 aliphatic heterocycles. The SMILES string of the molecule is CC1CN(c2ncnc3c2c(C(F)(F)F)cn3-c2cccc(F)c2)CCN1C(=O)c1ccccc1. The van der Waals surface area contributed by atoms with Crippen LogP contribution >= 0.6 is 0 Å². The highest BCUT2D eigenvalue weighted by atomic mass is 19.4. The first-order chi connectivity index (χ1) is 16.7. The van der Waals surface area contributed by atoms with Crippen LogP contribution in [0.25, 0.3) is 16.7 Å². The van der Waals surface area contributed by atoms with Crippen molar-refractivity contribution in [3.05, 3.63) is 84.1 Å². The van der Waals surface area contributed by atoms with Crippen molar-refractivity contribution in [2.75, 3.05) is 24.5 Å². The number of rotatable bonds is 3. The topological polar surface area (TPSA) is 54.3 Å². The van der Waals surface area contributed by atoms with Gasteiger partial charge in [-0.2, -0.15) is 13.2 Å². The second kappa shape index (κ2) is 8.68. The third-order valence-electron chi connectivity index (χ3n) is 6.16. The number of alkyl halides is 3. The van der Waals surface area contributed by atoms with Crippen LogP contribution in [0, 0.1) is 5.82 Å². The molecule has 6 nitrogen and oxygen atoms in total. The van der Waals surface area contributed by atoms with Gasteiger partial charge in [0.25, 0.3) is 5.91 Å². The van der Waals surface area contributed by atoms with Gasteiger partial charge in [0, 0.05) is 43.1 Å². The van der Waals surface area contributed by atoms with Gasteiger partial charge in [0.05, 0.1) is 10.9 Å². The quantitative estimate of drug-likeness (QED) is 0.388. The Morgan fingerprint density at radius 1 is 1.03 bits per heavy atom. The summed E-state index contributed by atoms with van der Waals surface area (Å²) in [5.41, 5.74) is -0.0864. The molecule has 0 aliphatic carbocycles. The van der Waals surface area contributed by atoms with Gasteiger partial charge in [-0.25, -0.2) is 14.4 Å². The van der Waals surface area contributed by atoms with E-state index >= 15 is 0 Å². The fraction of sp³-hybridized carbons (Fsp3) is 0.240. The van der Waals surface area contributed by atoms with Gasteiger partial charge in [-0.3, -0.25) is 4.79 Å². The fourth-order valence-electron chi connectivity index (χ4n) is 4.52. The normalized spacial score (nSPS) is 16.7. The first kappa shape index (κ1) is 22.8. The van der Waals surface area contributed by atoms with Crippen LogP contribution in [0.3, 0.4) is 0 Å². The molecule has 0 saturated carbocycles. The van der Waals surface area contributed by atoms with Crippen LogP contribution in [0.4, 0.5) is 23.4 Å². The largest absolute Gasteiger partial charge is 0.418 e. The van der Waals surface area contributed by atoms with Gasteiger partial charge in [-0.15, -0.1) is 0 Å². The molecule has 0 bridgehead atoms. The standard InChI is InChI=1S/C25H21F4N5O/c1-16-13-32(10-11-33(16)24(35)17-6-3-2-4-7-17)22-21-20(25(27,28)29)14-34(23(21)31-15-30-22)19-9-5-8-18(26)12-19/h2-9,12,14-16H,10-11,13H2,1H3. The molecule has 1 amide bonds. The molecule has 5 rings (SSSR count). The molecule has 0 radical (unpaired) electrons. The number of hydrogen-bond donors (Lipinski definition) is 0. The van der Waals surface area contributed by atoms with Crippen molar-refractivity contribution in [1.82, 2.24) is 19.4 Å². The van der Waals surface area contributed by atoms with Crippen molar-refractivity contribution < 1.29 is 22.4 Å². The van der Waals surface area contributed by atoms with Gasteiger partial charge < -0.3 is 14.4 Å². The zero-order valence-corrected chi connectivity index (χ0v) is 18.7. The van der Waals surface area contributed by atoms with Crippen LogP contribution in [0.2, 0.25) is 0 Å². The average molecular weight is 483 g/mol. The van der Waals surface area contributed by atoms with E-state index in [0.29, 0.717) is 25.2 Å². The Bertz CT molecular complexity index is 1390. The molecule has 3 heterocycles. The molecule has 2 aromatic carbocycles. The molecular formula is C25H21F4N5O. The van der Waals surface area contributed by atoms with E-state index in [1.54, 1.807) is 34.1 Å². The molecule has 2 aromatic heterocycles. The molecule has 1 atom stereocenters. The first-order valence-electron chi connectivity index (χ1n) is 11.0. The molecule has 1 unspecified atom stereocenters. The first-order valence-corrected chi connectivity index (χ1v) is 11.0. The van der Waals surface area contributed by atoms with Crippen molar-refractivity contribution in [1.29, 1.82) is 0 Å². The number of anilines is 1. The Labute approximate surface area is 198 Å². The lowest BCUT2D eigenvalue weighted by molar-refractivity contribution is -0.136. The molecule has 4 aromatic rings. The van der Waals surface area contributed by atoms with Crippen LogP contribution in [0.15, 0.2) is 67.1 Å². The van der Waals surface area contributed by atoms with Gasteiger partial charge in [0.1, 0.15) is 18.0 Å². The van der Waals surface area contributed by atoms with Gasteiger partial charge >= 0.3 is 6.18 Å². The molecule has 1 aliphatic rings. The van der Waals surface area contributed by atoms with Crippen LogP contribution in [0.5, 0.6) is 0 Å². The fourth-order valence-corrected chi connectivity index (χ4v) is 4.52. The van der Waals surface area contributed by atoms with Crippen molar-refractivity contribution in [2.45, 2.75) is 19.1 Å². The minimum absolute atomic E-state index is 0.0309. The lowest BCUT2D eigenvalue weighted by Crippen LogP contribution is -2.54. The summed E-state index contributed by atoms with van der Waals surface area (Å²) in [6, 6.07) is 13.9. The summed E-state index contributed by atoms with van der Waals surface area (Å²) < 4.78 is 57.3. The number of hydrogen-bond acceptors (Lipinski definition) is 4. The highest BCUT2D eigenvalue weighted by molar-refractivity contribution is 5.95. The van der Waals surface area contributed by atoms with Crippen molar-refractivity contribution in [3.63, 3.8) is 0 Å². The van der Waals surface area contributed by atoms with E-state index in [0.717, 1.165) is 12.3 Å². The summed E-state index contributed by atoms with van der Waals surface area (Å²) in [7, 11) is 0. The summed E-state index contributed by atoms with van der Waals surface area (Å²) in [5, 5.41) is -0.153. The van der Waals surface area contributed by atoms with Crippen LogP contribution in [-0.4, -0.2) is 51.0 Å². The number of benzene rings is 2. The van der Waals surface area contributed by atoms with Crippen molar-refractivity contribution >= 4 is 22.8 Å². The van der Waals surface area contributed by atoms with Crippen LogP contribution in [0.1, 0.15) is 22.8 Å². The number of nitrogens with zero attached hydrogens (tertiary/aromatic N) is 5. The number of aromatic nitrogens is 3. The number of fused-ring (bicyclic) bond motifs is 1. The maximum atomic E-state index is 14.1. The summed E-state index contributed by atoms with van der Waals surface area (Å²) in [6.45, 7) is 2.78. The Morgan fingerprint density at radius 2 is 1.80 bits per heavy atom. The number of halogens is 4. The third-order valence-corrected chi connectivity index (χ3v) is 6.16. The lowest BCUT2D eigenvalue weighted by atomic mass is 10.1. The summed E-state index contributed by atoms with van der Waals surface area (Å²) in [4.78, 5) is 24.7. The molecule has 180 valence electrons. The van der Waals surface area contributed by atoms with Crippen molar-refractivity contribution in [2.24, 2.45) is 0 Å². The number of carbonyl (C=O) groups excluding carboxylic acids is 1. The Hall–Kier alpha value is -3.95. The van der Waals surface area contributed by atoms with Gasteiger partial charge in [0.2, 0.25) is 0 Å². The Kier molecular flexibility index (Phi) is 5.66. The molecule has 10 heteroatoms. The number of carbonyl (C=O) groups is 1. The summed E-state index contributed by atoms with van der Waals surface area (Å²) in [6.07, 6.45) is -2.54. The molecule has 0 spiro atoms. The minimum Gasteiger partial charge on any atom is -0.352 e. The highest BCUT2D eigenvalue weighted by Gasteiger charge is 2.38. The van der Waals surface area contributed by atoms with E-state index in [9.17, 15) is 22.4 Å². The monoisotopic (exact) mass is 483 g/mol. The maximum absolute atomic E-state index is 14.1. The smallest absolute Gasteiger partial charge is 0.352 e. The number of piperazine rings is 1. The Morgan fingerprint density at radius 3 is 2.49 bits per heavy atom.